The lowest BCUT2D eigenvalue weighted by molar-refractivity contribution is 0.0888. The third-order valence-corrected chi connectivity index (χ3v) is 6.38. The van der Waals surface area contributed by atoms with E-state index in [1.807, 2.05) is 42.5 Å². The smallest absolute Gasteiger partial charge is 0.135 e. The van der Waals surface area contributed by atoms with Crippen molar-refractivity contribution in [1.82, 2.24) is 15.0 Å². The zero-order valence-corrected chi connectivity index (χ0v) is 21.3. The molecular weight excluding hydrogens is 528 g/mol. The second kappa shape index (κ2) is 12.0. The topological polar surface area (TPSA) is 89.6 Å². The number of hydrogen-bond acceptors (Lipinski definition) is 6. The fourth-order valence-electron chi connectivity index (χ4n) is 3.32. The molecule has 184 valence electrons. The van der Waals surface area contributed by atoms with Crippen LogP contribution in [0.2, 0.25) is 0 Å². The van der Waals surface area contributed by atoms with Gasteiger partial charge in [-0.1, -0.05) is 37.3 Å². The standard InChI is InChI=1S/C24H28BrClFN3O4/c1-24(2,17-5-8-23(22(25)9-17)34-14-19(31)10-26)16-3-6-21(7-4-16)33-15-20(32)13-30-12-18(11-27)28-29-30/h3-9,12,19-20,31-32H,10-11,13-15H2,1-2H3/t19-,20+/m1/s1/i27-1. The van der Waals surface area contributed by atoms with E-state index in [2.05, 4.69) is 40.1 Å². The van der Waals surface area contributed by atoms with Gasteiger partial charge in [0.05, 0.1) is 23.1 Å². The molecule has 0 saturated carbocycles. The normalized spacial score (nSPS) is 13.5. The van der Waals surface area contributed by atoms with E-state index in [0.29, 0.717) is 11.5 Å². The summed E-state index contributed by atoms with van der Waals surface area (Å²) in [6.07, 6.45) is -0.0717. The highest BCUT2D eigenvalue weighted by atomic mass is 79.9. The first-order valence-corrected chi connectivity index (χ1v) is 12.1. The van der Waals surface area contributed by atoms with E-state index >= 15 is 0 Å². The number of rotatable bonds is 12. The van der Waals surface area contributed by atoms with Crippen LogP contribution in [0.1, 0.15) is 30.7 Å². The monoisotopic (exact) mass is 554 g/mol. The van der Waals surface area contributed by atoms with Crippen molar-refractivity contribution >= 4 is 27.5 Å². The molecule has 0 aliphatic heterocycles. The van der Waals surface area contributed by atoms with Gasteiger partial charge in [0.1, 0.15) is 49.3 Å². The highest BCUT2D eigenvalue weighted by Crippen LogP contribution is 2.36. The molecular formula is C24H28BrClFN3O4. The van der Waals surface area contributed by atoms with Crippen LogP contribution in [0.4, 0.5) is 4.39 Å². The number of aromatic nitrogens is 3. The highest BCUT2D eigenvalue weighted by Gasteiger charge is 2.24. The molecule has 0 fully saturated rings. The number of hydrogen-bond donors (Lipinski definition) is 2. The van der Waals surface area contributed by atoms with Crippen molar-refractivity contribution in [3.8, 4) is 11.5 Å². The third kappa shape index (κ3) is 6.91. The molecule has 0 bridgehead atoms. The number of alkyl halides is 2. The molecule has 0 amide bonds. The molecule has 0 saturated heterocycles. The maximum Gasteiger partial charge on any atom is 0.135 e. The molecule has 0 unspecified atom stereocenters. The molecule has 0 aliphatic rings. The van der Waals surface area contributed by atoms with Crippen molar-refractivity contribution in [1.29, 1.82) is 0 Å². The van der Waals surface area contributed by atoms with Gasteiger partial charge in [-0.3, -0.25) is 0 Å². The van der Waals surface area contributed by atoms with Crippen LogP contribution in [0.15, 0.2) is 53.1 Å². The largest absolute Gasteiger partial charge is 0.491 e. The van der Waals surface area contributed by atoms with E-state index in [4.69, 9.17) is 21.1 Å². The van der Waals surface area contributed by atoms with E-state index in [0.717, 1.165) is 15.6 Å². The first-order valence-electron chi connectivity index (χ1n) is 10.8. The zero-order valence-electron chi connectivity index (χ0n) is 19.0. The van der Waals surface area contributed by atoms with E-state index in [1.54, 1.807) is 0 Å². The molecule has 10 heteroatoms. The summed E-state index contributed by atoms with van der Waals surface area (Å²) in [5.74, 6) is 1.38. The Balaban J connectivity index is 1.59. The van der Waals surface area contributed by atoms with Crippen LogP contribution >= 0.6 is 27.5 Å². The number of aliphatic hydroxyl groups is 2. The minimum absolute atomic E-state index is 0.0698. The first-order chi connectivity index (χ1) is 16.2. The predicted octanol–water partition coefficient (Wildman–Crippen LogP) is 4.25. The molecule has 2 N–H and O–H groups in total. The van der Waals surface area contributed by atoms with Gasteiger partial charge in [-0.05, 0) is 51.3 Å². The second-order valence-electron chi connectivity index (χ2n) is 8.44. The van der Waals surface area contributed by atoms with Crippen molar-refractivity contribution in [2.75, 3.05) is 19.1 Å². The maximum atomic E-state index is 12.6. The fraction of sp³-hybridized carbons (Fsp3) is 0.417. The van der Waals surface area contributed by atoms with Crippen molar-refractivity contribution in [3.63, 3.8) is 0 Å². The van der Waals surface area contributed by atoms with Gasteiger partial charge >= 0.3 is 0 Å². The van der Waals surface area contributed by atoms with E-state index in [1.165, 1.54) is 10.9 Å². The summed E-state index contributed by atoms with van der Waals surface area (Å²) in [6, 6.07) is 13.6. The average molecular weight is 556 g/mol. The number of aliphatic hydroxyl groups excluding tert-OH is 2. The zero-order chi connectivity index (χ0) is 24.7. The lowest BCUT2D eigenvalue weighted by Gasteiger charge is -2.27. The van der Waals surface area contributed by atoms with Gasteiger partial charge in [0.15, 0.2) is 0 Å². The van der Waals surface area contributed by atoms with Crippen molar-refractivity contribution < 1.29 is 24.1 Å². The third-order valence-electron chi connectivity index (χ3n) is 5.40. The molecule has 0 radical (unpaired) electrons. The lowest BCUT2D eigenvalue weighted by Crippen LogP contribution is -2.24. The van der Waals surface area contributed by atoms with Gasteiger partial charge in [-0.25, -0.2) is 9.07 Å². The summed E-state index contributed by atoms with van der Waals surface area (Å²) in [5, 5.41) is 27.2. The first kappa shape index (κ1) is 26.4. The van der Waals surface area contributed by atoms with Crippen molar-refractivity contribution in [3.05, 3.63) is 70.0 Å². The van der Waals surface area contributed by atoms with Crippen LogP contribution in [0.3, 0.4) is 0 Å². The molecule has 0 spiro atoms. The maximum absolute atomic E-state index is 12.6. The van der Waals surface area contributed by atoms with Crippen LogP contribution in [-0.4, -0.2) is 56.5 Å². The average Bonchev–Trinajstić information content (AvgIpc) is 3.29. The Kier molecular flexibility index (Phi) is 9.30. The molecule has 7 nitrogen and oxygen atoms in total. The van der Waals surface area contributed by atoms with Gasteiger partial charge in [-0.15, -0.1) is 16.7 Å². The Morgan fingerprint density at radius 1 is 1.06 bits per heavy atom. The van der Waals surface area contributed by atoms with Crippen LogP contribution in [0, 0.1) is 0 Å². The summed E-state index contributed by atoms with van der Waals surface area (Å²) < 4.78 is 26.1. The summed E-state index contributed by atoms with van der Waals surface area (Å²) in [7, 11) is 0. The Bertz CT molecular complexity index is 1060. The summed E-state index contributed by atoms with van der Waals surface area (Å²) in [4.78, 5) is 0. The fourth-order valence-corrected chi connectivity index (χ4v) is 3.90. The molecule has 2 aromatic carbocycles. The van der Waals surface area contributed by atoms with Gasteiger partial charge in [0.2, 0.25) is 0 Å². The Morgan fingerprint density at radius 2 is 1.74 bits per heavy atom. The number of ether oxygens (including phenoxy) is 2. The number of halogens is 3. The minimum Gasteiger partial charge on any atom is -0.491 e. The molecule has 0 aliphatic carbocycles. The molecule has 3 rings (SSSR count). The lowest BCUT2D eigenvalue weighted by atomic mass is 9.78. The summed E-state index contributed by atoms with van der Waals surface area (Å²) >= 11 is 9.16. The van der Waals surface area contributed by atoms with Crippen LogP contribution < -0.4 is 9.47 Å². The molecule has 1 heterocycles. The molecule has 3 aromatic rings. The Labute approximate surface area is 211 Å². The summed E-state index contributed by atoms with van der Waals surface area (Å²) in [5.41, 5.74) is 2.09. The highest BCUT2D eigenvalue weighted by molar-refractivity contribution is 9.10. The second-order valence-corrected chi connectivity index (χ2v) is 9.61. The van der Waals surface area contributed by atoms with E-state index in [-0.39, 0.29) is 36.7 Å². The van der Waals surface area contributed by atoms with Gasteiger partial charge in [0.25, 0.3) is 0 Å². The van der Waals surface area contributed by atoms with Gasteiger partial charge < -0.3 is 19.7 Å². The predicted molar refractivity (Wildman–Crippen MR) is 131 cm³/mol. The SMILES string of the molecule is CC(C)(c1ccc(OC[C@@H](O)Cn2cc(C[18F])nn2)cc1)c1ccc(OC[C@H](O)CCl)c(Br)c1. The molecule has 34 heavy (non-hydrogen) atoms. The van der Waals surface area contributed by atoms with Gasteiger partial charge in [-0.2, -0.15) is 0 Å². The van der Waals surface area contributed by atoms with Gasteiger partial charge in [0, 0.05) is 5.41 Å². The van der Waals surface area contributed by atoms with Crippen molar-refractivity contribution in [2.45, 2.75) is 44.7 Å². The van der Waals surface area contributed by atoms with E-state index < -0.39 is 18.9 Å². The van der Waals surface area contributed by atoms with Crippen LogP contribution in [0.5, 0.6) is 11.5 Å². The summed E-state index contributed by atoms with van der Waals surface area (Å²) in [6.45, 7) is 3.91. The van der Waals surface area contributed by atoms with Crippen molar-refractivity contribution in [2.24, 2.45) is 0 Å². The van der Waals surface area contributed by atoms with Crippen LogP contribution in [0.25, 0.3) is 0 Å². The Morgan fingerprint density at radius 3 is 2.35 bits per heavy atom. The number of benzene rings is 2. The molecule has 2 atom stereocenters. The minimum atomic E-state index is -0.811. The Hall–Kier alpha value is -2.20. The number of nitrogens with zero attached hydrogens (tertiary/aromatic N) is 3. The molecule has 1 aromatic heterocycles. The van der Waals surface area contributed by atoms with Crippen LogP contribution in [-0.2, 0) is 18.6 Å². The van der Waals surface area contributed by atoms with E-state index in [9.17, 15) is 14.6 Å². The quantitative estimate of drug-likeness (QED) is 0.325.